The van der Waals surface area contributed by atoms with Crippen LogP contribution in [0.15, 0.2) is 48.7 Å². The summed E-state index contributed by atoms with van der Waals surface area (Å²) < 4.78 is 15.4. The molecular weight excluding hydrogens is 265 g/mol. The molecule has 3 nitrogen and oxygen atoms in total. The van der Waals surface area contributed by atoms with Crippen molar-refractivity contribution in [3.8, 4) is 6.07 Å². The van der Waals surface area contributed by atoms with Gasteiger partial charge in [-0.05, 0) is 35.4 Å². The number of rotatable bonds is 3. The molecule has 3 aromatic rings. The van der Waals surface area contributed by atoms with Crippen LogP contribution in [0.5, 0.6) is 0 Å². The number of hydrogen-bond acceptors (Lipinski definition) is 2. The van der Waals surface area contributed by atoms with Gasteiger partial charge in [-0.1, -0.05) is 18.2 Å². The van der Waals surface area contributed by atoms with Crippen LogP contribution >= 0.6 is 0 Å². The summed E-state index contributed by atoms with van der Waals surface area (Å²) in [5.74, 6) is -0.482. The van der Waals surface area contributed by atoms with Gasteiger partial charge in [0.2, 0.25) is 0 Å². The molecule has 0 spiro atoms. The van der Waals surface area contributed by atoms with Crippen molar-refractivity contribution in [3.63, 3.8) is 0 Å². The third-order valence-corrected chi connectivity index (χ3v) is 3.63. The summed E-state index contributed by atoms with van der Waals surface area (Å²) in [4.78, 5) is 0. The topological polar surface area (TPSA) is 54.7 Å². The molecular formula is C17H14FN3. The van der Waals surface area contributed by atoms with Crippen LogP contribution in [0.3, 0.4) is 0 Å². The maximum atomic E-state index is 13.4. The second-order valence-electron chi connectivity index (χ2n) is 4.92. The molecule has 0 aliphatic heterocycles. The Morgan fingerprint density at radius 2 is 2.05 bits per heavy atom. The summed E-state index contributed by atoms with van der Waals surface area (Å²) >= 11 is 0. The fourth-order valence-corrected chi connectivity index (χ4v) is 2.56. The maximum absolute atomic E-state index is 13.4. The average Bonchev–Trinajstić information content (AvgIpc) is 2.92. The Kier molecular flexibility index (Phi) is 3.43. The number of nitrogens with zero attached hydrogens (tertiary/aromatic N) is 2. The lowest BCUT2D eigenvalue weighted by atomic mass is 10.1. The number of benzene rings is 2. The van der Waals surface area contributed by atoms with Gasteiger partial charge in [-0.15, -0.1) is 0 Å². The van der Waals surface area contributed by atoms with Gasteiger partial charge in [0, 0.05) is 30.2 Å². The van der Waals surface area contributed by atoms with E-state index in [-0.39, 0.29) is 5.56 Å². The zero-order chi connectivity index (χ0) is 14.8. The molecule has 0 bridgehead atoms. The second-order valence-corrected chi connectivity index (χ2v) is 4.92. The Hall–Kier alpha value is -2.64. The maximum Gasteiger partial charge on any atom is 0.140 e. The number of aromatic nitrogens is 1. The first-order valence-corrected chi connectivity index (χ1v) is 6.68. The minimum atomic E-state index is -0.482. The van der Waals surface area contributed by atoms with E-state index in [1.165, 1.54) is 6.07 Å². The highest BCUT2D eigenvalue weighted by Gasteiger charge is 2.07. The zero-order valence-electron chi connectivity index (χ0n) is 11.4. The van der Waals surface area contributed by atoms with Crippen LogP contribution in [0.25, 0.3) is 10.9 Å². The third kappa shape index (κ3) is 2.39. The SMILES string of the molecule is N#Cc1cc(Cn2ccc3c(CN)cccc32)ccc1F. The van der Waals surface area contributed by atoms with Crippen LogP contribution in [-0.4, -0.2) is 4.57 Å². The van der Waals surface area contributed by atoms with Crippen LogP contribution in [-0.2, 0) is 13.1 Å². The number of fused-ring (bicyclic) bond motifs is 1. The molecule has 0 aliphatic rings. The highest BCUT2D eigenvalue weighted by atomic mass is 19.1. The molecule has 21 heavy (non-hydrogen) atoms. The monoisotopic (exact) mass is 279 g/mol. The highest BCUT2D eigenvalue weighted by molar-refractivity contribution is 5.83. The van der Waals surface area contributed by atoms with E-state index in [9.17, 15) is 4.39 Å². The van der Waals surface area contributed by atoms with Crippen molar-refractivity contribution in [2.75, 3.05) is 0 Å². The summed E-state index contributed by atoms with van der Waals surface area (Å²) in [6, 6.07) is 14.6. The summed E-state index contributed by atoms with van der Waals surface area (Å²) in [7, 11) is 0. The van der Waals surface area contributed by atoms with Crippen molar-refractivity contribution in [2.24, 2.45) is 5.73 Å². The molecule has 2 N–H and O–H groups in total. The van der Waals surface area contributed by atoms with Gasteiger partial charge < -0.3 is 10.3 Å². The Bertz CT molecular complexity index is 843. The van der Waals surface area contributed by atoms with Gasteiger partial charge in [-0.2, -0.15) is 5.26 Å². The Morgan fingerprint density at radius 1 is 1.19 bits per heavy atom. The van der Waals surface area contributed by atoms with Crippen molar-refractivity contribution < 1.29 is 4.39 Å². The van der Waals surface area contributed by atoms with E-state index in [1.807, 2.05) is 36.5 Å². The van der Waals surface area contributed by atoms with Crippen molar-refractivity contribution in [1.82, 2.24) is 4.57 Å². The number of halogens is 1. The largest absolute Gasteiger partial charge is 0.343 e. The van der Waals surface area contributed by atoms with Crippen LogP contribution in [0.2, 0.25) is 0 Å². The molecule has 0 atom stereocenters. The van der Waals surface area contributed by atoms with E-state index >= 15 is 0 Å². The van der Waals surface area contributed by atoms with Crippen molar-refractivity contribution in [2.45, 2.75) is 13.1 Å². The molecule has 2 aromatic carbocycles. The van der Waals surface area contributed by atoms with Crippen molar-refractivity contribution >= 4 is 10.9 Å². The lowest BCUT2D eigenvalue weighted by Crippen LogP contribution is -2.00. The Labute approximate surface area is 122 Å². The Balaban J connectivity index is 2.01. The van der Waals surface area contributed by atoms with Gasteiger partial charge >= 0.3 is 0 Å². The van der Waals surface area contributed by atoms with E-state index in [0.29, 0.717) is 13.1 Å². The molecule has 3 rings (SSSR count). The fraction of sp³-hybridized carbons (Fsp3) is 0.118. The minimum absolute atomic E-state index is 0.0756. The van der Waals surface area contributed by atoms with Crippen LogP contribution < -0.4 is 5.73 Å². The van der Waals surface area contributed by atoms with E-state index in [0.717, 1.165) is 22.0 Å². The lowest BCUT2D eigenvalue weighted by Gasteiger charge is -2.07. The van der Waals surface area contributed by atoms with Crippen molar-refractivity contribution in [1.29, 1.82) is 5.26 Å². The first-order chi connectivity index (χ1) is 10.2. The molecule has 0 radical (unpaired) electrons. The molecule has 1 aromatic heterocycles. The van der Waals surface area contributed by atoms with E-state index in [1.54, 1.807) is 12.1 Å². The quantitative estimate of drug-likeness (QED) is 0.800. The first-order valence-electron chi connectivity index (χ1n) is 6.68. The second kappa shape index (κ2) is 5.39. The highest BCUT2D eigenvalue weighted by Crippen LogP contribution is 2.21. The third-order valence-electron chi connectivity index (χ3n) is 3.63. The van der Waals surface area contributed by atoms with E-state index < -0.39 is 5.82 Å². The van der Waals surface area contributed by atoms with Gasteiger partial charge in [0.1, 0.15) is 11.9 Å². The number of nitriles is 1. The summed E-state index contributed by atoms with van der Waals surface area (Å²) in [5.41, 5.74) is 8.90. The summed E-state index contributed by atoms with van der Waals surface area (Å²) in [6.45, 7) is 1.09. The average molecular weight is 279 g/mol. The van der Waals surface area contributed by atoms with Crippen molar-refractivity contribution in [3.05, 3.63) is 71.2 Å². The molecule has 0 saturated carbocycles. The van der Waals surface area contributed by atoms with Gasteiger partial charge in [-0.25, -0.2) is 4.39 Å². The molecule has 104 valence electrons. The minimum Gasteiger partial charge on any atom is -0.343 e. The van der Waals surface area contributed by atoms with Crippen LogP contribution in [0.4, 0.5) is 4.39 Å². The predicted molar refractivity (Wildman–Crippen MR) is 80.0 cm³/mol. The lowest BCUT2D eigenvalue weighted by molar-refractivity contribution is 0.622. The van der Waals surface area contributed by atoms with Gasteiger partial charge in [0.05, 0.1) is 5.56 Å². The standard InChI is InChI=1S/C17H14FN3/c18-16-5-4-12(8-14(16)10-20)11-21-7-6-15-13(9-19)2-1-3-17(15)21/h1-8H,9,11,19H2. The van der Waals surface area contributed by atoms with Gasteiger partial charge in [0.15, 0.2) is 0 Å². The van der Waals surface area contributed by atoms with Crippen LogP contribution in [0.1, 0.15) is 16.7 Å². The normalized spacial score (nSPS) is 10.7. The summed E-state index contributed by atoms with van der Waals surface area (Å²) in [5, 5.41) is 10.0. The zero-order valence-corrected chi connectivity index (χ0v) is 11.4. The number of hydrogen-bond donors (Lipinski definition) is 1. The molecule has 0 aliphatic carbocycles. The van der Waals surface area contributed by atoms with E-state index in [2.05, 4.69) is 4.57 Å². The number of nitrogens with two attached hydrogens (primary N) is 1. The molecule has 0 amide bonds. The summed E-state index contributed by atoms with van der Waals surface area (Å²) in [6.07, 6.45) is 1.99. The van der Waals surface area contributed by atoms with E-state index in [4.69, 9.17) is 11.0 Å². The molecule has 0 saturated heterocycles. The predicted octanol–water partition coefficient (Wildman–Crippen LogP) is 3.16. The Morgan fingerprint density at radius 3 is 2.81 bits per heavy atom. The molecule has 0 fully saturated rings. The van der Waals surface area contributed by atoms with Gasteiger partial charge in [0.25, 0.3) is 0 Å². The first kappa shape index (κ1) is 13.3. The smallest absolute Gasteiger partial charge is 0.140 e. The van der Waals surface area contributed by atoms with Gasteiger partial charge in [-0.3, -0.25) is 0 Å². The fourth-order valence-electron chi connectivity index (χ4n) is 2.56. The molecule has 1 heterocycles. The molecule has 4 heteroatoms. The van der Waals surface area contributed by atoms with Crippen LogP contribution in [0, 0.1) is 17.1 Å². The molecule has 0 unspecified atom stereocenters.